The van der Waals surface area contributed by atoms with Crippen molar-refractivity contribution in [2.45, 2.75) is 97.1 Å². The van der Waals surface area contributed by atoms with Crippen LogP contribution >= 0.6 is 0 Å². The molecular formula is C25H44N4O11S. The number of esters is 1. The van der Waals surface area contributed by atoms with Crippen molar-refractivity contribution in [2.75, 3.05) is 26.4 Å². The first-order valence-corrected chi connectivity index (χ1v) is 15.2. The Hall–Kier alpha value is -2.69. The molecule has 2 rings (SSSR count). The molecule has 0 aromatic heterocycles. The molecule has 4 N–H and O–H groups in total. The van der Waals surface area contributed by atoms with Gasteiger partial charge in [0.15, 0.2) is 0 Å². The van der Waals surface area contributed by atoms with Crippen molar-refractivity contribution in [1.29, 1.82) is 0 Å². The van der Waals surface area contributed by atoms with Crippen LogP contribution in [0, 0.1) is 11.3 Å². The van der Waals surface area contributed by atoms with Crippen LogP contribution in [0.2, 0.25) is 0 Å². The van der Waals surface area contributed by atoms with Gasteiger partial charge in [-0.2, -0.15) is 13.5 Å². The largest absolute Gasteiger partial charge is 0.465 e. The van der Waals surface area contributed by atoms with E-state index in [4.69, 9.17) is 28.5 Å². The number of hydrogen-bond acceptors (Lipinski definition) is 11. The van der Waals surface area contributed by atoms with E-state index in [2.05, 4.69) is 10.8 Å². The molecule has 0 aromatic rings. The molecule has 4 amide bonds. The lowest BCUT2D eigenvalue weighted by atomic mass is 9.75. The minimum atomic E-state index is -4.75. The van der Waals surface area contributed by atoms with Gasteiger partial charge in [0, 0.05) is 12.5 Å². The van der Waals surface area contributed by atoms with Crippen molar-refractivity contribution in [2.24, 2.45) is 17.1 Å². The number of carbonyl (C=O) groups excluding carboxylic acids is 4. The Labute approximate surface area is 241 Å². The molecule has 0 atom stereocenters. The number of ether oxygens (including phenoxy) is 2. The van der Waals surface area contributed by atoms with Crippen LogP contribution in [-0.4, -0.2) is 75.5 Å². The number of carbonyl (C=O) groups is 4. The molecular weight excluding hydrogens is 564 g/mol. The maximum absolute atomic E-state index is 12.6. The summed E-state index contributed by atoms with van der Waals surface area (Å²) >= 11 is 0. The van der Waals surface area contributed by atoms with E-state index in [0.717, 1.165) is 19.3 Å². The highest BCUT2D eigenvalue weighted by Crippen LogP contribution is 2.38. The van der Waals surface area contributed by atoms with Crippen molar-refractivity contribution in [3.8, 4) is 0 Å². The summed E-state index contributed by atoms with van der Waals surface area (Å²) in [6.45, 7) is 6.68. The smallest absolute Gasteiger partial charge is 0.421 e. The van der Waals surface area contributed by atoms with E-state index < -0.39 is 58.1 Å². The van der Waals surface area contributed by atoms with Gasteiger partial charge in [0.25, 0.3) is 0 Å². The molecule has 0 heterocycles. The number of rotatable bonds is 13. The number of nitrogens with zero attached hydrogens (tertiary/aromatic N) is 1. The summed E-state index contributed by atoms with van der Waals surface area (Å²) in [7, 11) is -4.75. The number of hydrogen-bond donors (Lipinski definition) is 3. The van der Waals surface area contributed by atoms with Crippen LogP contribution in [-0.2, 0) is 42.8 Å². The maximum atomic E-state index is 12.6. The molecule has 0 spiro atoms. The Morgan fingerprint density at radius 2 is 1.66 bits per heavy atom. The van der Waals surface area contributed by atoms with Gasteiger partial charge in [0.2, 0.25) is 5.91 Å². The topological polar surface area (TPSA) is 202 Å². The third-order valence-electron chi connectivity index (χ3n) is 6.83. The average Bonchev–Trinajstić information content (AvgIpc) is 2.90. The molecule has 2 saturated carbocycles. The van der Waals surface area contributed by atoms with Crippen LogP contribution in [0.3, 0.4) is 0 Å². The monoisotopic (exact) mass is 608 g/mol. The first-order valence-electron chi connectivity index (χ1n) is 13.9. The summed E-state index contributed by atoms with van der Waals surface area (Å²) in [6, 6.07) is -1.86. The highest BCUT2D eigenvalue weighted by Gasteiger charge is 2.43. The van der Waals surface area contributed by atoms with Crippen LogP contribution < -0.4 is 16.5 Å². The molecule has 41 heavy (non-hydrogen) atoms. The molecule has 2 aliphatic rings. The van der Waals surface area contributed by atoms with Crippen molar-refractivity contribution >= 4 is 34.4 Å². The van der Waals surface area contributed by atoms with Crippen LogP contribution in [0.1, 0.15) is 85.5 Å². The van der Waals surface area contributed by atoms with E-state index in [0.29, 0.717) is 30.7 Å². The predicted octanol–water partition coefficient (Wildman–Crippen LogP) is 2.21. The molecule has 0 saturated heterocycles. The second-order valence-electron chi connectivity index (χ2n) is 11.2. The summed E-state index contributed by atoms with van der Waals surface area (Å²) in [4.78, 5) is 53.8. The zero-order chi connectivity index (χ0) is 30.7. The second kappa shape index (κ2) is 15.5. The summed E-state index contributed by atoms with van der Waals surface area (Å²) in [6.07, 6.45) is 3.64. The van der Waals surface area contributed by atoms with Crippen LogP contribution in [0.5, 0.6) is 0 Å². The van der Waals surface area contributed by atoms with Gasteiger partial charge < -0.3 is 20.5 Å². The molecule has 16 heteroatoms. The summed E-state index contributed by atoms with van der Waals surface area (Å²) in [5.41, 5.74) is 5.99. The molecule has 0 radical (unpaired) electrons. The highest BCUT2D eigenvalue weighted by atomic mass is 32.3. The van der Waals surface area contributed by atoms with Gasteiger partial charge in [-0.05, 0) is 66.2 Å². The van der Waals surface area contributed by atoms with Crippen molar-refractivity contribution in [3.05, 3.63) is 0 Å². The van der Waals surface area contributed by atoms with E-state index >= 15 is 0 Å². The van der Waals surface area contributed by atoms with Gasteiger partial charge in [-0.25, -0.2) is 19.3 Å². The maximum Gasteiger partial charge on any atom is 0.421 e. The van der Waals surface area contributed by atoms with Crippen molar-refractivity contribution in [3.63, 3.8) is 0 Å². The zero-order valence-corrected chi connectivity index (χ0v) is 25.1. The quantitative estimate of drug-likeness (QED) is 0.157. The number of urea groups is 1. The average molecular weight is 609 g/mol. The van der Waals surface area contributed by atoms with Gasteiger partial charge in [-0.1, -0.05) is 19.3 Å². The van der Waals surface area contributed by atoms with Gasteiger partial charge in [0.05, 0.1) is 31.3 Å². The van der Waals surface area contributed by atoms with Gasteiger partial charge in [0.1, 0.15) is 5.60 Å². The van der Waals surface area contributed by atoms with E-state index in [1.54, 1.807) is 27.7 Å². The van der Waals surface area contributed by atoms with E-state index in [1.165, 1.54) is 0 Å². The molecule has 0 aliphatic heterocycles. The number of alkyl carbamates (subject to hydrolysis) is 1. The highest BCUT2D eigenvalue weighted by molar-refractivity contribution is 7.81. The Kier molecular flexibility index (Phi) is 13.1. The van der Waals surface area contributed by atoms with E-state index in [-0.39, 0.29) is 38.5 Å². The van der Waals surface area contributed by atoms with E-state index in [9.17, 15) is 27.6 Å². The minimum Gasteiger partial charge on any atom is -0.465 e. The number of nitrogens with one attached hydrogen (secondary N) is 2. The third kappa shape index (κ3) is 11.6. The Balaban J connectivity index is 1.82. The molecule has 15 nitrogen and oxygen atoms in total. The minimum absolute atomic E-state index is 0.0128. The molecule has 0 unspecified atom stereocenters. The molecule has 0 bridgehead atoms. The lowest BCUT2D eigenvalue weighted by molar-refractivity contribution is -0.160. The fourth-order valence-electron chi connectivity index (χ4n) is 4.80. The molecule has 236 valence electrons. The first-order chi connectivity index (χ1) is 19.2. The molecule has 2 aliphatic carbocycles. The van der Waals surface area contributed by atoms with Crippen LogP contribution in [0.25, 0.3) is 0 Å². The third-order valence-corrected chi connectivity index (χ3v) is 7.58. The lowest BCUT2D eigenvalue weighted by Gasteiger charge is -2.35. The Bertz CT molecular complexity index is 1000. The van der Waals surface area contributed by atoms with Crippen LogP contribution in [0.4, 0.5) is 9.59 Å². The van der Waals surface area contributed by atoms with E-state index in [1.807, 2.05) is 0 Å². The first kappa shape index (κ1) is 34.5. The predicted molar refractivity (Wildman–Crippen MR) is 144 cm³/mol. The van der Waals surface area contributed by atoms with Gasteiger partial charge >= 0.3 is 28.5 Å². The van der Waals surface area contributed by atoms with Crippen LogP contribution in [0.15, 0.2) is 0 Å². The van der Waals surface area contributed by atoms with Crippen molar-refractivity contribution in [1.82, 2.24) is 15.9 Å². The Morgan fingerprint density at radius 3 is 2.22 bits per heavy atom. The van der Waals surface area contributed by atoms with Gasteiger partial charge in [-0.15, -0.1) is 4.28 Å². The molecule has 2 fully saturated rings. The standard InChI is InChI=1S/C25H44N4O11S/c1-5-36-21(31)25(13-7-6-8-14-25)17-38-41(34,35)40-29(22(26)32)19-11-9-18(10-12-19)20(30)28-37-16-15-27-23(33)39-24(2,3)4/h18-19H,5-17H2,1-4H3,(H2,26,32)(H,27,33)(H,28,30)/t18-,19-. The lowest BCUT2D eigenvalue weighted by Crippen LogP contribution is -2.48. The SMILES string of the molecule is CCOC(=O)C1(COS(=O)(=O)ON(C(N)=O)[C@H]2CC[C@H](C(=O)NOCCNC(=O)OC(C)(C)C)CC2)CCCCC1. The van der Waals surface area contributed by atoms with Gasteiger partial charge in [-0.3, -0.25) is 14.4 Å². The number of nitrogens with two attached hydrogens (primary N) is 1. The number of primary amides is 1. The fourth-order valence-corrected chi connectivity index (χ4v) is 5.60. The fraction of sp³-hybridized carbons (Fsp3) is 0.840. The zero-order valence-electron chi connectivity index (χ0n) is 24.3. The van der Waals surface area contributed by atoms with Crippen molar-refractivity contribution < 1.29 is 50.4 Å². The second-order valence-corrected chi connectivity index (χ2v) is 12.4. The summed E-state index contributed by atoms with van der Waals surface area (Å²) < 4.78 is 45.5. The number of amides is 4. The summed E-state index contributed by atoms with van der Waals surface area (Å²) in [5, 5.41) is 3.04. The summed E-state index contributed by atoms with van der Waals surface area (Å²) in [5.74, 6) is -1.37. The Morgan fingerprint density at radius 1 is 1.02 bits per heavy atom. The number of hydroxylamine groups is 3. The molecule has 0 aromatic carbocycles. The normalized spacial score (nSPS) is 20.9.